The molecule has 0 aliphatic carbocycles. The molecule has 0 saturated carbocycles. The lowest BCUT2D eigenvalue weighted by molar-refractivity contribution is 0.925. The number of anilines is 1. The smallest absolute Gasteiger partial charge is 0.355 e. The van der Waals surface area contributed by atoms with Gasteiger partial charge in [-0.3, -0.25) is 4.57 Å². The van der Waals surface area contributed by atoms with Crippen LogP contribution in [0.2, 0.25) is 0 Å². The molecule has 0 aromatic carbocycles. The van der Waals surface area contributed by atoms with Crippen LogP contribution < -0.4 is 22.9 Å². The molecule has 1 aromatic rings. The van der Waals surface area contributed by atoms with E-state index in [1.54, 1.807) is 0 Å². The number of hydrogen-bond acceptors (Lipinski definition) is 5. The molecule has 1 rings (SSSR count). The molecule has 1 heterocycles. The molecule has 0 radical (unpaired) electrons. The van der Waals surface area contributed by atoms with Gasteiger partial charge in [0.15, 0.2) is 0 Å². The van der Waals surface area contributed by atoms with E-state index in [2.05, 4.69) is 4.98 Å². The number of nitrogen functional groups attached to an aromatic ring is 1. The van der Waals surface area contributed by atoms with Gasteiger partial charge in [0.25, 0.3) is 0 Å². The zero-order valence-corrected chi connectivity index (χ0v) is 8.48. The predicted molar refractivity (Wildman–Crippen MR) is 59.5 cm³/mol. The van der Waals surface area contributed by atoms with Gasteiger partial charge in [0.2, 0.25) is 0 Å². The first kappa shape index (κ1) is 11.1. The number of nitrogens with zero attached hydrogens (tertiary/aromatic N) is 2. The van der Waals surface area contributed by atoms with Crippen LogP contribution in [0.15, 0.2) is 34.4 Å². The van der Waals surface area contributed by atoms with Crippen molar-refractivity contribution in [3.8, 4) is 0 Å². The molecule has 6 nitrogen and oxygen atoms in total. The summed E-state index contributed by atoms with van der Waals surface area (Å²) in [6.07, 6.45) is 4.16. The second kappa shape index (κ2) is 4.52. The molecule has 0 aliphatic heterocycles. The van der Waals surface area contributed by atoms with Crippen LogP contribution in [0, 0.1) is 0 Å². The Hall–Kier alpha value is -1.95. The fourth-order valence-corrected chi connectivity index (χ4v) is 0.921. The summed E-state index contributed by atoms with van der Waals surface area (Å²) in [7, 11) is 0. The predicted octanol–water partition coefficient (Wildman–Crippen LogP) is -0.379. The van der Waals surface area contributed by atoms with Crippen molar-refractivity contribution in [1.82, 2.24) is 9.55 Å². The zero-order chi connectivity index (χ0) is 11.4. The standard InChI is InChI=1S/C8H10ClN5O/c9-5(10)1-2-7(12)14-4-3-6(11)13-8(14)15/h1-4H,10,12H2,(H2,11,13,15)/b5-1-,7-2+. The molecule has 1 aromatic heterocycles. The molecule has 80 valence electrons. The van der Waals surface area contributed by atoms with E-state index in [-0.39, 0.29) is 16.8 Å². The molecule has 7 heteroatoms. The van der Waals surface area contributed by atoms with Gasteiger partial charge in [0.1, 0.15) is 11.6 Å². The molecular weight excluding hydrogens is 218 g/mol. The third-order valence-corrected chi connectivity index (χ3v) is 1.64. The second-order valence-corrected chi connectivity index (χ2v) is 3.08. The normalized spacial score (nSPS) is 12.9. The summed E-state index contributed by atoms with van der Waals surface area (Å²) in [6.45, 7) is 0. The number of nitrogens with two attached hydrogens (primary N) is 3. The van der Waals surface area contributed by atoms with Crippen LogP contribution in [0.4, 0.5) is 5.82 Å². The molecule has 0 amide bonds. The van der Waals surface area contributed by atoms with Gasteiger partial charge >= 0.3 is 5.69 Å². The van der Waals surface area contributed by atoms with Crippen LogP contribution in [0.25, 0.3) is 5.82 Å². The van der Waals surface area contributed by atoms with Crippen LogP contribution in [-0.2, 0) is 0 Å². The van der Waals surface area contributed by atoms with Gasteiger partial charge in [-0.1, -0.05) is 11.6 Å². The Kier molecular flexibility index (Phi) is 3.35. The van der Waals surface area contributed by atoms with Crippen molar-refractivity contribution in [2.45, 2.75) is 0 Å². The number of aromatic nitrogens is 2. The molecule has 0 aliphatic rings. The van der Waals surface area contributed by atoms with Crippen LogP contribution in [0.1, 0.15) is 0 Å². The summed E-state index contributed by atoms with van der Waals surface area (Å²) >= 11 is 5.39. The number of allylic oxidation sites excluding steroid dienone is 2. The van der Waals surface area contributed by atoms with Crippen molar-refractivity contribution in [2.75, 3.05) is 5.73 Å². The van der Waals surface area contributed by atoms with Crippen LogP contribution in [-0.4, -0.2) is 9.55 Å². The number of hydrogen-bond donors (Lipinski definition) is 3. The highest BCUT2D eigenvalue weighted by molar-refractivity contribution is 6.29. The lowest BCUT2D eigenvalue weighted by Crippen LogP contribution is -2.25. The van der Waals surface area contributed by atoms with Crippen molar-refractivity contribution < 1.29 is 0 Å². The quantitative estimate of drug-likeness (QED) is 0.471. The fraction of sp³-hybridized carbons (Fsp3) is 0. The maximum absolute atomic E-state index is 11.3. The summed E-state index contributed by atoms with van der Waals surface area (Å²) in [5, 5.41) is 0.0643. The van der Waals surface area contributed by atoms with Crippen LogP contribution in [0.3, 0.4) is 0 Å². The highest BCUT2D eigenvalue weighted by atomic mass is 35.5. The summed E-state index contributed by atoms with van der Waals surface area (Å²) in [5.74, 6) is 0.285. The largest absolute Gasteiger partial charge is 0.389 e. The van der Waals surface area contributed by atoms with E-state index in [1.807, 2.05) is 0 Å². The van der Waals surface area contributed by atoms with E-state index in [9.17, 15) is 4.79 Å². The maximum Gasteiger partial charge on any atom is 0.355 e. The average molecular weight is 228 g/mol. The van der Waals surface area contributed by atoms with Gasteiger partial charge in [-0.25, -0.2) is 4.79 Å². The Bertz CT molecular complexity index is 472. The molecular formula is C8H10ClN5O. The van der Waals surface area contributed by atoms with E-state index in [0.717, 1.165) is 4.57 Å². The van der Waals surface area contributed by atoms with Gasteiger partial charge in [-0.05, 0) is 18.2 Å². The topological polar surface area (TPSA) is 113 Å². The third-order valence-electron chi connectivity index (χ3n) is 1.52. The summed E-state index contributed by atoms with van der Waals surface area (Å²) < 4.78 is 1.12. The van der Waals surface area contributed by atoms with Crippen LogP contribution >= 0.6 is 11.6 Å². The van der Waals surface area contributed by atoms with E-state index >= 15 is 0 Å². The molecule has 0 fully saturated rings. The minimum absolute atomic E-state index is 0.0643. The third kappa shape index (κ3) is 3.03. The van der Waals surface area contributed by atoms with E-state index in [0.29, 0.717) is 0 Å². The van der Waals surface area contributed by atoms with Crippen LogP contribution in [0.5, 0.6) is 0 Å². The first-order chi connectivity index (χ1) is 7.00. The van der Waals surface area contributed by atoms with Crippen molar-refractivity contribution in [1.29, 1.82) is 0 Å². The maximum atomic E-state index is 11.3. The molecule has 0 atom stereocenters. The molecule has 0 spiro atoms. The minimum Gasteiger partial charge on any atom is -0.389 e. The Morgan fingerprint density at radius 1 is 1.47 bits per heavy atom. The van der Waals surface area contributed by atoms with Gasteiger partial charge < -0.3 is 17.2 Å². The fourth-order valence-electron chi connectivity index (χ4n) is 0.858. The van der Waals surface area contributed by atoms with E-state index in [1.165, 1.54) is 24.4 Å². The summed E-state index contributed by atoms with van der Waals surface area (Å²) in [6, 6.07) is 1.45. The first-order valence-corrected chi connectivity index (χ1v) is 4.32. The SMILES string of the molecule is N/C(Cl)=C\C=C(/N)n1ccc(N)nc1=O. The zero-order valence-electron chi connectivity index (χ0n) is 7.72. The molecule has 0 unspecified atom stereocenters. The van der Waals surface area contributed by atoms with Gasteiger partial charge in [-0.2, -0.15) is 4.98 Å². The number of halogens is 1. The summed E-state index contributed by atoms with van der Waals surface area (Å²) in [4.78, 5) is 14.8. The highest BCUT2D eigenvalue weighted by Gasteiger charge is 1.98. The highest BCUT2D eigenvalue weighted by Crippen LogP contribution is 1.97. The monoisotopic (exact) mass is 227 g/mol. The minimum atomic E-state index is -0.565. The van der Waals surface area contributed by atoms with Crippen molar-refractivity contribution in [3.63, 3.8) is 0 Å². The van der Waals surface area contributed by atoms with Crippen molar-refractivity contribution >= 4 is 23.2 Å². The Labute approximate surface area is 90.6 Å². The van der Waals surface area contributed by atoms with Crippen molar-refractivity contribution in [2.24, 2.45) is 11.5 Å². The number of rotatable bonds is 2. The van der Waals surface area contributed by atoms with Gasteiger partial charge in [0, 0.05) is 6.20 Å². The van der Waals surface area contributed by atoms with Gasteiger partial charge in [-0.15, -0.1) is 0 Å². The molecule has 15 heavy (non-hydrogen) atoms. The molecule has 6 N–H and O–H groups in total. The summed E-state index contributed by atoms with van der Waals surface area (Å²) in [5.41, 5.74) is 15.5. The Balaban J connectivity index is 3.12. The average Bonchev–Trinajstić information content (AvgIpc) is 2.14. The van der Waals surface area contributed by atoms with Crippen molar-refractivity contribution in [3.05, 3.63) is 40.1 Å². The first-order valence-electron chi connectivity index (χ1n) is 3.94. The Morgan fingerprint density at radius 2 is 2.13 bits per heavy atom. The lowest BCUT2D eigenvalue weighted by Gasteiger charge is -2.03. The van der Waals surface area contributed by atoms with E-state index in [4.69, 9.17) is 28.8 Å². The van der Waals surface area contributed by atoms with Gasteiger partial charge in [0.05, 0.1) is 5.16 Å². The van der Waals surface area contributed by atoms with E-state index < -0.39 is 5.69 Å². The lowest BCUT2D eigenvalue weighted by atomic mass is 10.5. The Morgan fingerprint density at radius 3 is 2.67 bits per heavy atom. The molecule has 0 saturated heterocycles. The molecule has 0 bridgehead atoms. The second-order valence-electron chi connectivity index (χ2n) is 2.65.